The van der Waals surface area contributed by atoms with Gasteiger partial charge < -0.3 is 24.2 Å². The average molecular weight is 591 g/mol. The second kappa shape index (κ2) is 10.1. The minimum atomic E-state index is -3.57. The first-order valence-electron chi connectivity index (χ1n) is 13.0. The summed E-state index contributed by atoms with van der Waals surface area (Å²) in [6.07, 6.45) is 2.72. The lowest BCUT2D eigenvalue weighted by Crippen LogP contribution is -2.62. The summed E-state index contributed by atoms with van der Waals surface area (Å²) in [6.45, 7) is 3.89. The number of halogens is 2. The highest BCUT2D eigenvalue weighted by Gasteiger charge is 2.83. The van der Waals surface area contributed by atoms with Gasteiger partial charge in [-0.25, -0.2) is 18.6 Å². The van der Waals surface area contributed by atoms with Gasteiger partial charge in [0, 0.05) is 36.6 Å². The van der Waals surface area contributed by atoms with Crippen molar-refractivity contribution in [2.24, 2.45) is 5.41 Å². The number of hydrogen-bond acceptors (Lipinski definition) is 8. The number of nitrogens with zero attached hydrogens (tertiary/aromatic N) is 4. The number of carboxylic acid groups (broad SMARTS) is 1. The van der Waals surface area contributed by atoms with Crippen LogP contribution in [-0.2, 0) is 26.2 Å². The highest BCUT2D eigenvalue weighted by molar-refractivity contribution is 7.09. The molecule has 220 valence electrons. The number of methoxy groups -OCH3 is 2. The number of aromatic nitrogens is 3. The molecule has 2 aliphatic rings. The molecule has 1 amide bonds. The lowest BCUT2D eigenvalue weighted by atomic mass is 9.71. The van der Waals surface area contributed by atoms with Gasteiger partial charge in [-0.05, 0) is 29.2 Å². The van der Waals surface area contributed by atoms with E-state index in [1.54, 1.807) is 23.6 Å². The first kappa shape index (κ1) is 29.1. The Morgan fingerprint density at radius 3 is 2.56 bits per heavy atom. The van der Waals surface area contributed by atoms with E-state index in [0.717, 1.165) is 21.8 Å². The molecule has 0 saturated carbocycles. The Balaban J connectivity index is 1.81. The molecule has 0 aliphatic carbocycles. The maximum absolute atomic E-state index is 16.2. The fourth-order valence-corrected chi connectivity index (χ4v) is 7.15. The van der Waals surface area contributed by atoms with Crippen molar-refractivity contribution in [3.63, 3.8) is 0 Å². The number of ether oxygens (including phenoxy) is 3. The smallest absolute Gasteiger partial charge is 0.334 e. The summed E-state index contributed by atoms with van der Waals surface area (Å²) in [7, 11) is 2.73. The van der Waals surface area contributed by atoms with Crippen LogP contribution >= 0.6 is 11.3 Å². The Morgan fingerprint density at radius 1 is 1.24 bits per heavy atom. The number of carbonyl (C=O) groups excluding carboxylic acids is 1. The lowest BCUT2D eigenvalue weighted by molar-refractivity contribution is -0.157. The third kappa shape index (κ3) is 4.24. The zero-order valence-electron chi connectivity index (χ0n) is 23.3. The minimum Gasteiger partial charge on any atom is -0.496 e. The monoisotopic (exact) mass is 590 g/mol. The molecule has 3 aromatic rings. The van der Waals surface area contributed by atoms with Crippen LogP contribution in [0, 0.1) is 5.41 Å². The van der Waals surface area contributed by atoms with Crippen molar-refractivity contribution in [1.29, 1.82) is 0 Å². The third-order valence-electron chi connectivity index (χ3n) is 8.07. The summed E-state index contributed by atoms with van der Waals surface area (Å²) in [4.78, 5) is 33.4. The zero-order chi connectivity index (χ0) is 29.8. The molecule has 10 nitrogen and oxygen atoms in total. The van der Waals surface area contributed by atoms with E-state index in [1.807, 2.05) is 20.8 Å². The fourth-order valence-electron chi connectivity index (χ4n) is 6.32. The van der Waals surface area contributed by atoms with Gasteiger partial charge in [0.15, 0.2) is 5.54 Å². The molecular weight excluding hydrogens is 558 g/mol. The molecule has 4 atom stereocenters. The standard InChI is InChI=1S/C28H32F2N4O6S/c1-25(2,3)18-8-7-17(13-19(18)39-5)22(35)34-20(21-31-10-12-41-21)26(15-38-4)23(40-16-28(26,29)30)27(34,24(36)37)14-33-11-6-9-32-33/h6-13,20,23H,14-16H2,1-5H3,(H,36,37). The van der Waals surface area contributed by atoms with E-state index < -0.39 is 60.7 Å². The van der Waals surface area contributed by atoms with Crippen LogP contribution in [0.2, 0.25) is 0 Å². The van der Waals surface area contributed by atoms with Crippen molar-refractivity contribution in [2.45, 2.75) is 56.3 Å². The predicted molar refractivity (Wildman–Crippen MR) is 144 cm³/mol. The first-order valence-corrected chi connectivity index (χ1v) is 13.8. The van der Waals surface area contributed by atoms with Crippen molar-refractivity contribution < 1.29 is 37.7 Å². The van der Waals surface area contributed by atoms with Crippen LogP contribution in [0.5, 0.6) is 5.75 Å². The van der Waals surface area contributed by atoms with E-state index in [4.69, 9.17) is 14.2 Å². The SMILES string of the molecule is COCC12C(c3nccs3)N(C(=O)c3ccc(C(C)(C)C)c(OC)c3)C(Cn3cccn3)(C(=O)O)C1OCC2(F)F. The number of alkyl halides is 2. The van der Waals surface area contributed by atoms with Gasteiger partial charge in [0.25, 0.3) is 11.8 Å². The van der Waals surface area contributed by atoms with Crippen molar-refractivity contribution in [3.05, 3.63) is 64.4 Å². The van der Waals surface area contributed by atoms with Gasteiger partial charge in [-0.2, -0.15) is 5.10 Å². The normalized spacial score (nSPS) is 27.1. The molecule has 41 heavy (non-hydrogen) atoms. The van der Waals surface area contributed by atoms with Crippen LogP contribution in [0.15, 0.2) is 48.2 Å². The van der Waals surface area contributed by atoms with Crippen molar-refractivity contribution >= 4 is 23.2 Å². The van der Waals surface area contributed by atoms with Crippen LogP contribution in [-0.4, -0.2) is 81.6 Å². The molecule has 2 saturated heterocycles. The molecule has 4 unspecified atom stereocenters. The van der Waals surface area contributed by atoms with Gasteiger partial charge in [-0.1, -0.05) is 26.8 Å². The first-order chi connectivity index (χ1) is 19.3. The summed E-state index contributed by atoms with van der Waals surface area (Å²) in [5.41, 5.74) is -4.02. The quantitative estimate of drug-likeness (QED) is 0.418. The average Bonchev–Trinajstić information content (AvgIpc) is 3.70. The Morgan fingerprint density at radius 2 is 2.00 bits per heavy atom. The maximum atomic E-state index is 16.2. The molecule has 5 rings (SSSR count). The molecule has 0 bridgehead atoms. The van der Waals surface area contributed by atoms with Crippen LogP contribution in [0.25, 0.3) is 0 Å². The summed E-state index contributed by atoms with van der Waals surface area (Å²) in [5, 5.41) is 16.8. The molecule has 0 radical (unpaired) electrons. The molecule has 0 spiro atoms. The largest absolute Gasteiger partial charge is 0.496 e. The predicted octanol–water partition coefficient (Wildman–Crippen LogP) is 4.03. The summed E-state index contributed by atoms with van der Waals surface area (Å²) in [6, 6.07) is 4.88. The number of fused-ring (bicyclic) bond motifs is 1. The van der Waals surface area contributed by atoms with Gasteiger partial charge in [-0.3, -0.25) is 9.48 Å². The molecule has 1 N–H and O–H groups in total. The number of aliphatic carboxylic acids is 1. The Hall–Kier alpha value is -3.42. The van der Waals surface area contributed by atoms with Gasteiger partial charge in [0.1, 0.15) is 34.9 Å². The number of benzene rings is 1. The van der Waals surface area contributed by atoms with Crippen LogP contribution in [0.4, 0.5) is 8.78 Å². The second-order valence-corrected chi connectivity index (χ2v) is 12.3. The molecule has 4 heterocycles. The molecule has 1 aromatic carbocycles. The maximum Gasteiger partial charge on any atom is 0.334 e. The van der Waals surface area contributed by atoms with Gasteiger partial charge in [0.05, 0.1) is 20.3 Å². The van der Waals surface area contributed by atoms with Crippen molar-refractivity contribution in [1.82, 2.24) is 19.7 Å². The van der Waals surface area contributed by atoms with E-state index in [0.29, 0.717) is 5.75 Å². The second-order valence-electron chi connectivity index (χ2n) is 11.4. The number of amides is 1. The highest BCUT2D eigenvalue weighted by atomic mass is 32.1. The number of thiazole rings is 1. The number of hydrogen-bond donors (Lipinski definition) is 1. The Labute approximate surface area is 239 Å². The van der Waals surface area contributed by atoms with E-state index in [-0.39, 0.29) is 16.0 Å². The van der Waals surface area contributed by atoms with E-state index in [1.165, 1.54) is 43.6 Å². The highest BCUT2D eigenvalue weighted by Crippen LogP contribution is 2.66. The molecule has 2 aliphatic heterocycles. The number of carboxylic acids is 1. The Kier molecular flexibility index (Phi) is 7.19. The number of likely N-dealkylation sites (tertiary alicyclic amines) is 1. The summed E-state index contributed by atoms with van der Waals surface area (Å²) < 4.78 is 50.4. The van der Waals surface area contributed by atoms with E-state index in [9.17, 15) is 14.7 Å². The Bertz CT molecular complexity index is 1430. The minimum absolute atomic E-state index is 0.0679. The number of rotatable bonds is 8. The summed E-state index contributed by atoms with van der Waals surface area (Å²) >= 11 is 1.06. The fraction of sp³-hybridized carbons (Fsp3) is 0.500. The van der Waals surface area contributed by atoms with E-state index >= 15 is 8.78 Å². The topological polar surface area (TPSA) is 116 Å². The van der Waals surface area contributed by atoms with Crippen LogP contribution < -0.4 is 4.74 Å². The van der Waals surface area contributed by atoms with Crippen LogP contribution in [0.1, 0.15) is 47.7 Å². The van der Waals surface area contributed by atoms with Gasteiger partial charge >= 0.3 is 5.97 Å². The van der Waals surface area contributed by atoms with Crippen molar-refractivity contribution in [3.8, 4) is 5.75 Å². The number of carbonyl (C=O) groups is 2. The van der Waals surface area contributed by atoms with Crippen molar-refractivity contribution in [2.75, 3.05) is 27.4 Å². The van der Waals surface area contributed by atoms with Gasteiger partial charge in [-0.15, -0.1) is 11.3 Å². The molecular formula is C28H32F2N4O6S. The molecule has 2 fully saturated rings. The van der Waals surface area contributed by atoms with E-state index in [2.05, 4.69) is 10.1 Å². The van der Waals surface area contributed by atoms with Gasteiger partial charge in [0.2, 0.25) is 0 Å². The lowest BCUT2D eigenvalue weighted by Gasteiger charge is -2.40. The summed E-state index contributed by atoms with van der Waals surface area (Å²) in [5.74, 6) is -5.46. The molecule has 13 heteroatoms. The zero-order valence-corrected chi connectivity index (χ0v) is 24.2. The molecule has 2 aromatic heterocycles. The third-order valence-corrected chi connectivity index (χ3v) is 8.89. The van der Waals surface area contributed by atoms with Crippen LogP contribution in [0.3, 0.4) is 0 Å².